The third-order valence-corrected chi connectivity index (χ3v) is 5.68. The highest BCUT2D eigenvalue weighted by Crippen LogP contribution is 2.24. The molecular weight excluding hydrogens is 344 g/mol. The quantitative estimate of drug-likeness (QED) is 0.667. The molecule has 1 aromatic heterocycles. The van der Waals surface area contributed by atoms with Crippen LogP contribution in [0.15, 0.2) is 59.8 Å². The molecule has 0 saturated heterocycles. The van der Waals surface area contributed by atoms with E-state index >= 15 is 0 Å². The topological polar surface area (TPSA) is 51.0 Å². The maximum absolute atomic E-state index is 12.6. The van der Waals surface area contributed by atoms with Gasteiger partial charge in [0, 0.05) is 25.7 Å². The van der Waals surface area contributed by atoms with E-state index in [0.29, 0.717) is 12.3 Å². The molecule has 0 radical (unpaired) electrons. The fourth-order valence-corrected chi connectivity index (χ4v) is 4.02. The molecule has 2 aromatic carbocycles. The molecule has 2 heterocycles. The maximum atomic E-state index is 12.6. The van der Waals surface area contributed by atoms with Crippen LogP contribution in [0, 0.1) is 0 Å². The zero-order chi connectivity index (χ0) is 17.9. The molecule has 132 valence electrons. The molecular formula is C20H20N4OS. The summed E-state index contributed by atoms with van der Waals surface area (Å²) in [5.41, 5.74) is 3.63. The molecule has 0 N–H and O–H groups in total. The van der Waals surface area contributed by atoms with E-state index in [0.717, 1.165) is 29.5 Å². The van der Waals surface area contributed by atoms with E-state index in [2.05, 4.69) is 28.4 Å². The standard InChI is InChI=1S/C20H20N4OS/c1-23-19(16-8-3-2-4-9-16)21-22-20(23)26-14-18(25)24-12-11-15-7-5-6-10-17(15)13-24/h2-10H,11-14H2,1H3. The van der Waals surface area contributed by atoms with Crippen LogP contribution in [0.1, 0.15) is 11.1 Å². The first-order chi connectivity index (χ1) is 12.7. The van der Waals surface area contributed by atoms with E-state index in [1.807, 2.05) is 52.9 Å². The van der Waals surface area contributed by atoms with Gasteiger partial charge in [0.05, 0.1) is 5.75 Å². The van der Waals surface area contributed by atoms with Crippen LogP contribution in [0.5, 0.6) is 0 Å². The molecule has 1 amide bonds. The van der Waals surface area contributed by atoms with Gasteiger partial charge in [0.15, 0.2) is 11.0 Å². The number of amides is 1. The van der Waals surface area contributed by atoms with Gasteiger partial charge in [0.25, 0.3) is 0 Å². The van der Waals surface area contributed by atoms with E-state index in [9.17, 15) is 4.79 Å². The number of hydrogen-bond donors (Lipinski definition) is 0. The third kappa shape index (κ3) is 3.37. The normalized spacial score (nSPS) is 13.5. The summed E-state index contributed by atoms with van der Waals surface area (Å²) in [4.78, 5) is 14.6. The van der Waals surface area contributed by atoms with Crippen LogP contribution >= 0.6 is 11.8 Å². The zero-order valence-electron chi connectivity index (χ0n) is 14.6. The molecule has 5 nitrogen and oxygen atoms in total. The van der Waals surface area contributed by atoms with Gasteiger partial charge < -0.3 is 9.47 Å². The van der Waals surface area contributed by atoms with Gasteiger partial charge in [-0.2, -0.15) is 0 Å². The van der Waals surface area contributed by atoms with Gasteiger partial charge in [-0.25, -0.2) is 0 Å². The number of aromatic nitrogens is 3. The van der Waals surface area contributed by atoms with Gasteiger partial charge in [-0.05, 0) is 17.5 Å². The summed E-state index contributed by atoms with van der Waals surface area (Å²) < 4.78 is 1.94. The molecule has 0 spiro atoms. The van der Waals surface area contributed by atoms with Gasteiger partial charge in [0.1, 0.15) is 0 Å². The van der Waals surface area contributed by atoms with Crippen LogP contribution in [-0.4, -0.2) is 37.9 Å². The van der Waals surface area contributed by atoms with Crippen molar-refractivity contribution in [2.75, 3.05) is 12.3 Å². The summed E-state index contributed by atoms with van der Waals surface area (Å²) in [6, 6.07) is 18.3. The Labute approximate surface area is 157 Å². The Bertz CT molecular complexity index is 923. The van der Waals surface area contributed by atoms with Gasteiger partial charge in [-0.3, -0.25) is 4.79 Å². The predicted octanol–water partition coefficient (Wildman–Crippen LogP) is 3.16. The van der Waals surface area contributed by atoms with Crippen molar-refractivity contribution in [1.82, 2.24) is 19.7 Å². The van der Waals surface area contributed by atoms with Crippen LogP contribution < -0.4 is 0 Å². The fraction of sp³-hybridized carbons (Fsp3) is 0.250. The number of thioether (sulfide) groups is 1. The van der Waals surface area contributed by atoms with E-state index < -0.39 is 0 Å². The number of nitrogens with zero attached hydrogens (tertiary/aromatic N) is 4. The first-order valence-electron chi connectivity index (χ1n) is 8.64. The Hall–Kier alpha value is -2.60. The minimum Gasteiger partial charge on any atom is -0.337 e. The van der Waals surface area contributed by atoms with Crippen molar-refractivity contribution in [3.63, 3.8) is 0 Å². The number of rotatable bonds is 4. The molecule has 0 saturated carbocycles. The molecule has 26 heavy (non-hydrogen) atoms. The summed E-state index contributed by atoms with van der Waals surface area (Å²) in [7, 11) is 1.94. The van der Waals surface area contributed by atoms with Crippen LogP contribution in [0.3, 0.4) is 0 Å². The lowest BCUT2D eigenvalue weighted by molar-refractivity contribution is -0.129. The second-order valence-corrected chi connectivity index (χ2v) is 7.30. The van der Waals surface area contributed by atoms with Crippen molar-refractivity contribution < 1.29 is 4.79 Å². The van der Waals surface area contributed by atoms with E-state index in [1.54, 1.807) is 0 Å². The van der Waals surface area contributed by atoms with E-state index in [1.165, 1.54) is 22.9 Å². The lowest BCUT2D eigenvalue weighted by atomic mass is 10.00. The summed E-state index contributed by atoms with van der Waals surface area (Å²) in [6.45, 7) is 1.48. The monoisotopic (exact) mass is 364 g/mol. The minimum atomic E-state index is 0.147. The SMILES string of the molecule is Cn1c(SCC(=O)N2CCc3ccccc3C2)nnc1-c1ccccc1. The van der Waals surface area contributed by atoms with E-state index in [4.69, 9.17) is 0 Å². The number of benzene rings is 2. The Morgan fingerprint density at radius 1 is 1.04 bits per heavy atom. The van der Waals surface area contributed by atoms with E-state index in [-0.39, 0.29) is 5.91 Å². The lowest BCUT2D eigenvalue weighted by Crippen LogP contribution is -2.37. The molecule has 0 unspecified atom stereocenters. The fourth-order valence-electron chi connectivity index (χ4n) is 3.21. The highest BCUT2D eigenvalue weighted by molar-refractivity contribution is 7.99. The Morgan fingerprint density at radius 3 is 2.58 bits per heavy atom. The Morgan fingerprint density at radius 2 is 1.77 bits per heavy atom. The van der Waals surface area contributed by atoms with Crippen LogP contribution in [0.25, 0.3) is 11.4 Å². The average Bonchev–Trinajstić information content (AvgIpc) is 3.07. The number of carbonyl (C=O) groups is 1. The molecule has 1 aliphatic rings. The van der Waals surface area contributed by atoms with Crippen LogP contribution in [0.2, 0.25) is 0 Å². The largest absolute Gasteiger partial charge is 0.337 e. The van der Waals surface area contributed by atoms with Crippen molar-refractivity contribution in [2.24, 2.45) is 7.05 Å². The van der Waals surface area contributed by atoms with Gasteiger partial charge >= 0.3 is 0 Å². The zero-order valence-corrected chi connectivity index (χ0v) is 15.4. The second kappa shape index (κ2) is 7.33. The highest BCUT2D eigenvalue weighted by atomic mass is 32.2. The van der Waals surface area contributed by atoms with Crippen molar-refractivity contribution in [3.8, 4) is 11.4 Å². The first kappa shape index (κ1) is 16.8. The lowest BCUT2D eigenvalue weighted by Gasteiger charge is -2.28. The molecule has 4 rings (SSSR count). The summed E-state index contributed by atoms with van der Waals surface area (Å²) in [6.07, 6.45) is 0.925. The third-order valence-electron chi connectivity index (χ3n) is 4.67. The smallest absolute Gasteiger partial charge is 0.233 e. The number of carbonyl (C=O) groups excluding carboxylic acids is 1. The van der Waals surface area contributed by atoms with Crippen molar-refractivity contribution in [3.05, 3.63) is 65.7 Å². The highest BCUT2D eigenvalue weighted by Gasteiger charge is 2.21. The molecule has 0 atom stereocenters. The van der Waals surface area contributed by atoms with Crippen molar-refractivity contribution in [1.29, 1.82) is 0 Å². The average molecular weight is 364 g/mol. The maximum Gasteiger partial charge on any atom is 0.233 e. The molecule has 3 aromatic rings. The van der Waals surface area contributed by atoms with Crippen molar-refractivity contribution in [2.45, 2.75) is 18.1 Å². The molecule has 0 bridgehead atoms. The van der Waals surface area contributed by atoms with Crippen LogP contribution in [0.4, 0.5) is 0 Å². The Balaban J connectivity index is 1.41. The summed E-state index contributed by atoms with van der Waals surface area (Å²) in [5, 5.41) is 9.28. The second-order valence-electron chi connectivity index (χ2n) is 6.35. The Kier molecular flexibility index (Phi) is 4.75. The molecule has 6 heteroatoms. The minimum absolute atomic E-state index is 0.147. The molecule has 1 aliphatic heterocycles. The number of hydrogen-bond acceptors (Lipinski definition) is 4. The van der Waals surface area contributed by atoms with Crippen molar-refractivity contribution >= 4 is 17.7 Å². The predicted molar refractivity (Wildman–Crippen MR) is 103 cm³/mol. The molecule has 0 fully saturated rings. The molecule has 0 aliphatic carbocycles. The van der Waals surface area contributed by atoms with Gasteiger partial charge in [-0.15, -0.1) is 10.2 Å². The first-order valence-corrected chi connectivity index (χ1v) is 9.63. The van der Waals surface area contributed by atoms with Gasteiger partial charge in [-0.1, -0.05) is 66.4 Å². The summed E-state index contributed by atoms with van der Waals surface area (Å²) in [5.74, 6) is 1.34. The summed E-state index contributed by atoms with van der Waals surface area (Å²) >= 11 is 1.44. The van der Waals surface area contributed by atoms with Gasteiger partial charge in [0.2, 0.25) is 5.91 Å². The number of fused-ring (bicyclic) bond motifs is 1. The van der Waals surface area contributed by atoms with Crippen LogP contribution in [-0.2, 0) is 24.8 Å².